The van der Waals surface area contributed by atoms with Crippen LogP contribution in [0.4, 0.5) is 4.79 Å². The van der Waals surface area contributed by atoms with E-state index in [0.29, 0.717) is 15.8 Å². The van der Waals surface area contributed by atoms with Gasteiger partial charge in [-0.25, -0.2) is 4.79 Å². The highest BCUT2D eigenvalue weighted by molar-refractivity contribution is 9.10. The van der Waals surface area contributed by atoms with E-state index in [4.69, 9.17) is 4.74 Å². The predicted octanol–water partition coefficient (Wildman–Crippen LogP) is 1.53. The van der Waals surface area contributed by atoms with Crippen molar-refractivity contribution in [3.8, 4) is 5.75 Å². The zero-order valence-electron chi connectivity index (χ0n) is 11.1. The zero-order chi connectivity index (χ0) is 14.9. The van der Waals surface area contributed by atoms with Gasteiger partial charge in [0.15, 0.2) is 5.78 Å². The lowest BCUT2D eigenvalue weighted by molar-refractivity contribution is -0.125. The van der Waals surface area contributed by atoms with Crippen molar-refractivity contribution in [1.29, 1.82) is 0 Å². The summed E-state index contributed by atoms with van der Waals surface area (Å²) in [5, 5.41) is 0. The number of nitrogens with zero attached hydrogens (tertiary/aromatic N) is 2. The predicted molar refractivity (Wildman–Crippen MR) is 74.8 cm³/mol. The lowest BCUT2D eigenvalue weighted by Gasteiger charge is -2.13. The summed E-state index contributed by atoms with van der Waals surface area (Å²) in [6, 6.07) is 4.41. The van der Waals surface area contributed by atoms with E-state index in [0.717, 1.165) is 4.90 Å². The van der Waals surface area contributed by atoms with Gasteiger partial charge < -0.3 is 9.64 Å². The van der Waals surface area contributed by atoms with Gasteiger partial charge in [0.1, 0.15) is 12.3 Å². The van der Waals surface area contributed by atoms with Crippen LogP contribution in [0.5, 0.6) is 5.75 Å². The number of carbonyl (C=O) groups excluding carboxylic acids is 3. The van der Waals surface area contributed by atoms with E-state index >= 15 is 0 Å². The SMILES string of the molecule is COc1ccc(C(=O)CN2C(=O)CN(C)C2=O)cc1Br. The first-order valence-electron chi connectivity index (χ1n) is 5.86. The summed E-state index contributed by atoms with van der Waals surface area (Å²) in [4.78, 5) is 37.7. The maximum Gasteiger partial charge on any atom is 0.327 e. The Morgan fingerprint density at radius 1 is 1.40 bits per heavy atom. The van der Waals surface area contributed by atoms with Gasteiger partial charge in [-0.15, -0.1) is 0 Å². The fourth-order valence-electron chi connectivity index (χ4n) is 1.90. The van der Waals surface area contributed by atoms with Crippen molar-refractivity contribution in [2.24, 2.45) is 0 Å². The van der Waals surface area contributed by atoms with Gasteiger partial charge in [-0.3, -0.25) is 14.5 Å². The molecule has 1 aliphatic heterocycles. The summed E-state index contributed by atoms with van der Waals surface area (Å²) in [7, 11) is 3.05. The number of rotatable bonds is 4. The van der Waals surface area contributed by atoms with E-state index in [9.17, 15) is 14.4 Å². The molecule has 20 heavy (non-hydrogen) atoms. The number of imide groups is 1. The van der Waals surface area contributed by atoms with Gasteiger partial charge in [0.25, 0.3) is 5.91 Å². The Kier molecular flexibility index (Phi) is 4.08. The molecule has 0 saturated carbocycles. The number of Topliss-reactive ketones (excluding diaryl/α,β-unsaturated/α-hetero) is 1. The molecule has 0 N–H and O–H groups in total. The van der Waals surface area contributed by atoms with Crippen LogP contribution in [0.25, 0.3) is 0 Å². The van der Waals surface area contributed by atoms with Crippen molar-refractivity contribution in [3.63, 3.8) is 0 Å². The summed E-state index contributed by atoms with van der Waals surface area (Å²) >= 11 is 3.29. The standard InChI is InChI=1S/C13H13BrN2O4/c1-15-7-12(18)16(13(15)19)6-10(17)8-3-4-11(20-2)9(14)5-8/h3-5H,6-7H2,1-2H3. The molecule has 1 aliphatic rings. The average molecular weight is 341 g/mol. The molecule has 2 rings (SSSR count). The van der Waals surface area contributed by atoms with Crippen LogP contribution >= 0.6 is 15.9 Å². The number of likely N-dealkylation sites (N-methyl/N-ethyl adjacent to an activating group) is 1. The number of methoxy groups -OCH3 is 1. The second-order valence-electron chi connectivity index (χ2n) is 4.39. The third-order valence-corrected chi connectivity index (χ3v) is 3.63. The van der Waals surface area contributed by atoms with Gasteiger partial charge in [-0.05, 0) is 34.1 Å². The maximum absolute atomic E-state index is 12.1. The molecule has 0 aromatic heterocycles. The fourth-order valence-corrected chi connectivity index (χ4v) is 2.44. The Hall–Kier alpha value is -1.89. The molecule has 0 spiro atoms. The van der Waals surface area contributed by atoms with E-state index in [1.165, 1.54) is 19.1 Å². The van der Waals surface area contributed by atoms with Gasteiger partial charge in [0.05, 0.1) is 18.1 Å². The Balaban J connectivity index is 2.15. The molecule has 1 fully saturated rings. The van der Waals surface area contributed by atoms with E-state index in [-0.39, 0.29) is 24.8 Å². The Labute approximate surface area is 124 Å². The quantitative estimate of drug-likeness (QED) is 0.615. The van der Waals surface area contributed by atoms with Gasteiger partial charge in [-0.1, -0.05) is 0 Å². The van der Waals surface area contributed by atoms with Crippen molar-refractivity contribution >= 4 is 33.7 Å². The molecule has 0 bridgehead atoms. The van der Waals surface area contributed by atoms with Crippen LogP contribution in [-0.2, 0) is 4.79 Å². The highest BCUT2D eigenvalue weighted by atomic mass is 79.9. The van der Waals surface area contributed by atoms with E-state index < -0.39 is 6.03 Å². The number of hydrogen-bond donors (Lipinski definition) is 0. The summed E-state index contributed by atoms with van der Waals surface area (Å²) in [6.07, 6.45) is 0. The van der Waals surface area contributed by atoms with E-state index in [1.54, 1.807) is 18.2 Å². The van der Waals surface area contributed by atoms with Gasteiger partial charge in [-0.2, -0.15) is 0 Å². The maximum atomic E-state index is 12.1. The summed E-state index contributed by atoms with van der Waals surface area (Å²) in [5.74, 6) is -0.0570. The minimum Gasteiger partial charge on any atom is -0.496 e. The molecule has 0 radical (unpaired) electrons. The minimum atomic E-state index is -0.448. The Morgan fingerprint density at radius 2 is 2.10 bits per heavy atom. The van der Waals surface area contributed by atoms with Gasteiger partial charge >= 0.3 is 6.03 Å². The third-order valence-electron chi connectivity index (χ3n) is 3.01. The van der Waals surface area contributed by atoms with Crippen LogP contribution in [0.2, 0.25) is 0 Å². The largest absolute Gasteiger partial charge is 0.496 e. The second-order valence-corrected chi connectivity index (χ2v) is 5.25. The highest BCUT2D eigenvalue weighted by Gasteiger charge is 2.34. The number of halogens is 1. The molecule has 0 unspecified atom stereocenters. The molecule has 1 heterocycles. The Morgan fingerprint density at radius 3 is 2.60 bits per heavy atom. The van der Waals surface area contributed by atoms with Crippen molar-refractivity contribution < 1.29 is 19.1 Å². The van der Waals surface area contributed by atoms with Crippen molar-refractivity contribution in [3.05, 3.63) is 28.2 Å². The van der Waals surface area contributed by atoms with Gasteiger partial charge in [0, 0.05) is 12.6 Å². The molecule has 1 aromatic carbocycles. The first-order chi connectivity index (χ1) is 9.43. The number of ketones is 1. The topological polar surface area (TPSA) is 66.9 Å². The molecule has 0 atom stereocenters. The van der Waals surface area contributed by atoms with Crippen LogP contribution in [0.15, 0.2) is 22.7 Å². The number of ether oxygens (including phenoxy) is 1. The molecule has 1 aromatic rings. The van der Waals surface area contributed by atoms with Crippen LogP contribution in [0.1, 0.15) is 10.4 Å². The molecular weight excluding hydrogens is 328 g/mol. The molecule has 7 heteroatoms. The van der Waals surface area contributed by atoms with Crippen molar-refractivity contribution in [1.82, 2.24) is 9.80 Å². The molecule has 0 aliphatic carbocycles. The monoisotopic (exact) mass is 340 g/mol. The summed E-state index contributed by atoms with van der Waals surface area (Å²) in [6.45, 7) is -0.237. The fraction of sp³-hybridized carbons (Fsp3) is 0.308. The van der Waals surface area contributed by atoms with Crippen molar-refractivity contribution in [2.75, 3.05) is 27.2 Å². The van der Waals surface area contributed by atoms with Crippen LogP contribution < -0.4 is 4.74 Å². The van der Waals surface area contributed by atoms with Crippen LogP contribution in [-0.4, -0.2) is 54.8 Å². The molecule has 3 amide bonds. The van der Waals surface area contributed by atoms with E-state index in [1.807, 2.05) is 0 Å². The normalized spacial score (nSPS) is 14.9. The van der Waals surface area contributed by atoms with Crippen LogP contribution in [0.3, 0.4) is 0 Å². The zero-order valence-corrected chi connectivity index (χ0v) is 12.6. The van der Waals surface area contributed by atoms with Crippen molar-refractivity contribution in [2.45, 2.75) is 0 Å². The summed E-state index contributed by atoms with van der Waals surface area (Å²) in [5.41, 5.74) is 0.410. The first-order valence-corrected chi connectivity index (χ1v) is 6.65. The lowest BCUT2D eigenvalue weighted by atomic mass is 10.1. The summed E-state index contributed by atoms with van der Waals surface area (Å²) < 4.78 is 5.72. The molecule has 1 saturated heterocycles. The third kappa shape index (κ3) is 2.67. The smallest absolute Gasteiger partial charge is 0.327 e. The molecule has 106 valence electrons. The van der Waals surface area contributed by atoms with Crippen LogP contribution in [0, 0.1) is 0 Å². The molecule has 6 nitrogen and oxygen atoms in total. The number of amides is 3. The lowest BCUT2D eigenvalue weighted by Crippen LogP contribution is -2.36. The second kappa shape index (κ2) is 5.62. The number of hydrogen-bond acceptors (Lipinski definition) is 4. The van der Waals surface area contributed by atoms with Gasteiger partial charge in [0.2, 0.25) is 0 Å². The average Bonchev–Trinajstić information content (AvgIpc) is 2.65. The molecular formula is C13H13BrN2O4. The first kappa shape index (κ1) is 14.5. The number of carbonyl (C=O) groups is 3. The number of urea groups is 1. The van der Waals surface area contributed by atoms with E-state index in [2.05, 4.69) is 15.9 Å². The Bertz CT molecular complexity index is 588. The minimum absolute atomic E-state index is 0.0123. The number of benzene rings is 1. The highest BCUT2D eigenvalue weighted by Crippen LogP contribution is 2.25.